The molecule has 232 valence electrons. The Labute approximate surface area is 260 Å². The van der Waals surface area contributed by atoms with Crippen molar-refractivity contribution >= 4 is 34.3 Å². The second-order valence-electron chi connectivity index (χ2n) is 10.3. The molecule has 2 N–H and O–H groups in total. The van der Waals surface area contributed by atoms with Crippen LogP contribution in [0.3, 0.4) is 0 Å². The molecular formula is C31H28F3N7O3S. The van der Waals surface area contributed by atoms with Gasteiger partial charge in [-0.1, -0.05) is 55.1 Å². The number of nitrogens with zero attached hydrogens (tertiary/aromatic N) is 5. The van der Waals surface area contributed by atoms with Gasteiger partial charge in [0.05, 0.1) is 11.4 Å². The number of allylic oxidation sites excluding steroid dienone is 1. The van der Waals surface area contributed by atoms with Crippen LogP contribution in [0.1, 0.15) is 37.0 Å². The number of rotatable bonds is 7. The number of amides is 2. The van der Waals surface area contributed by atoms with E-state index in [1.165, 1.54) is 47.0 Å². The molecule has 0 aliphatic carbocycles. The van der Waals surface area contributed by atoms with Crippen LogP contribution in [-0.4, -0.2) is 45.1 Å². The molecule has 0 bridgehead atoms. The molecule has 4 aromatic rings. The molecule has 2 atom stereocenters. The van der Waals surface area contributed by atoms with E-state index in [2.05, 4.69) is 55.7 Å². The fourth-order valence-electron chi connectivity index (χ4n) is 5.05. The normalized spacial score (nSPS) is 17.4. The summed E-state index contributed by atoms with van der Waals surface area (Å²) in [6.07, 6.45) is -1.57. The Bertz CT molecular complexity index is 1770. The lowest BCUT2D eigenvalue weighted by Gasteiger charge is -2.30. The van der Waals surface area contributed by atoms with Gasteiger partial charge in [0.2, 0.25) is 0 Å². The van der Waals surface area contributed by atoms with Crippen molar-refractivity contribution in [3.05, 3.63) is 96.0 Å². The highest BCUT2D eigenvalue weighted by Gasteiger charge is 2.34. The largest absolute Gasteiger partial charge is 0.573 e. The van der Waals surface area contributed by atoms with E-state index in [9.17, 15) is 18.0 Å². The average molecular weight is 636 g/mol. The molecular weight excluding hydrogens is 607 g/mol. The van der Waals surface area contributed by atoms with Crippen LogP contribution in [0.25, 0.3) is 17.1 Å². The number of anilines is 2. The van der Waals surface area contributed by atoms with Gasteiger partial charge in [-0.05, 0) is 54.4 Å². The summed E-state index contributed by atoms with van der Waals surface area (Å²) in [4.78, 5) is 29.0. The van der Waals surface area contributed by atoms with Crippen LogP contribution in [0.15, 0.2) is 89.8 Å². The Hall–Kier alpha value is -4.82. The number of hydrogen-bond acceptors (Lipinski definition) is 7. The highest BCUT2D eigenvalue weighted by molar-refractivity contribution is 8.14. The quantitative estimate of drug-likeness (QED) is 0.206. The van der Waals surface area contributed by atoms with Crippen molar-refractivity contribution in [1.29, 1.82) is 0 Å². The first-order valence-corrected chi connectivity index (χ1v) is 14.9. The Morgan fingerprint density at radius 3 is 2.58 bits per heavy atom. The Morgan fingerprint density at radius 1 is 1.11 bits per heavy atom. The molecule has 0 saturated carbocycles. The van der Waals surface area contributed by atoms with E-state index in [0.717, 1.165) is 39.5 Å². The van der Waals surface area contributed by atoms with Crippen LogP contribution in [0.5, 0.6) is 5.75 Å². The zero-order chi connectivity index (χ0) is 31.7. The second-order valence-corrected chi connectivity index (χ2v) is 11.3. The lowest BCUT2D eigenvalue weighted by molar-refractivity contribution is -0.274. The molecule has 1 aromatic heterocycles. The molecule has 1 saturated heterocycles. The maximum absolute atomic E-state index is 12.8. The van der Waals surface area contributed by atoms with Gasteiger partial charge in [0, 0.05) is 35.7 Å². The van der Waals surface area contributed by atoms with Crippen LogP contribution in [0, 0.1) is 0 Å². The van der Waals surface area contributed by atoms with E-state index in [-0.39, 0.29) is 11.7 Å². The first-order chi connectivity index (χ1) is 21.6. The zero-order valence-corrected chi connectivity index (χ0v) is 25.2. The number of aromatic nitrogens is 3. The molecule has 2 unspecified atom stereocenters. The van der Waals surface area contributed by atoms with Crippen molar-refractivity contribution in [3.63, 3.8) is 0 Å². The van der Waals surface area contributed by atoms with Crippen LogP contribution in [0.2, 0.25) is 0 Å². The number of halogens is 3. The van der Waals surface area contributed by atoms with Gasteiger partial charge in [-0.3, -0.25) is 9.74 Å². The van der Waals surface area contributed by atoms with Gasteiger partial charge in [-0.15, -0.1) is 18.3 Å². The molecule has 14 heteroatoms. The van der Waals surface area contributed by atoms with Gasteiger partial charge in [-0.2, -0.15) is 4.99 Å². The smallest absolute Gasteiger partial charge is 0.406 e. The summed E-state index contributed by atoms with van der Waals surface area (Å²) in [5, 5.41) is 8.17. The number of amidine groups is 1. The van der Waals surface area contributed by atoms with Crippen LogP contribution < -0.4 is 20.4 Å². The van der Waals surface area contributed by atoms with E-state index < -0.39 is 18.5 Å². The van der Waals surface area contributed by atoms with Gasteiger partial charge in [-0.25, -0.2) is 19.9 Å². The van der Waals surface area contributed by atoms with Gasteiger partial charge < -0.3 is 10.1 Å². The van der Waals surface area contributed by atoms with E-state index >= 15 is 0 Å². The summed E-state index contributed by atoms with van der Waals surface area (Å²) in [5.74, 6) is 1.08. The van der Waals surface area contributed by atoms with Crippen LogP contribution in [-0.2, 0) is 4.84 Å². The third-order valence-electron chi connectivity index (χ3n) is 7.31. The van der Waals surface area contributed by atoms with Crippen LogP contribution >= 0.6 is 11.8 Å². The molecule has 10 nitrogen and oxygen atoms in total. The van der Waals surface area contributed by atoms with E-state index in [0.29, 0.717) is 16.7 Å². The summed E-state index contributed by atoms with van der Waals surface area (Å²) >= 11 is 1.50. The number of benzene rings is 3. The molecule has 3 aromatic carbocycles. The van der Waals surface area contributed by atoms with Crippen molar-refractivity contribution in [2.75, 3.05) is 23.0 Å². The lowest BCUT2D eigenvalue weighted by atomic mass is 9.93. The predicted molar refractivity (Wildman–Crippen MR) is 166 cm³/mol. The predicted octanol–water partition coefficient (Wildman–Crippen LogP) is 7.19. The van der Waals surface area contributed by atoms with Gasteiger partial charge >= 0.3 is 12.4 Å². The number of hydrogen-bond donors (Lipinski definition) is 2. The Balaban J connectivity index is 1.07. The summed E-state index contributed by atoms with van der Waals surface area (Å²) < 4.78 is 42.6. The van der Waals surface area contributed by atoms with Gasteiger partial charge in [0.15, 0.2) is 11.0 Å². The molecule has 2 amide bonds. The highest BCUT2D eigenvalue weighted by Crippen LogP contribution is 2.43. The third kappa shape index (κ3) is 6.66. The first-order valence-electron chi connectivity index (χ1n) is 14.0. The number of aliphatic imine (C=N–C) groups is 1. The molecule has 3 heterocycles. The van der Waals surface area contributed by atoms with Crippen LogP contribution in [0.4, 0.5) is 29.3 Å². The van der Waals surface area contributed by atoms with Gasteiger partial charge in [0.1, 0.15) is 18.2 Å². The fourth-order valence-corrected chi connectivity index (χ4v) is 6.04. The number of urea groups is 1. The second kappa shape index (κ2) is 12.3. The molecule has 2 aliphatic heterocycles. The maximum atomic E-state index is 12.8. The topological polar surface area (TPSA) is 106 Å². The highest BCUT2D eigenvalue weighted by atomic mass is 32.2. The number of fused-ring (bicyclic) bond motifs is 3. The van der Waals surface area contributed by atoms with Crippen molar-refractivity contribution in [2.24, 2.45) is 4.99 Å². The SMILES string of the molecule is CNc1ccc2c(c1)N1C(=CC2C)CSC1=NC(=O)NOC(C)c1ccc(-c2ncn(-c3ccc(OC(F)(F)F)cc3)n2)cc1. The minimum atomic E-state index is -4.76. The lowest BCUT2D eigenvalue weighted by Crippen LogP contribution is -2.30. The van der Waals surface area contributed by atoms with E-state index in [1.54, 1.807) is 6.92 Å². The average Bonchev–Trinajstić information content (AvgIpc) is 3.67. The molecule has 1 fully saturated rings. The number of alkyl halides is 3. The minimum absolute atomic E-state index is 0.260. The van der Waals surface area contributed by atoms with Crippen molar-refractivity contribution in [2.45, 2.75) is 32.2 Å². The summed E-state index contributed by atoms with van der Waals surface area (Å²) in [6, 6.07) is 18.2. The Kier molecular flexibility index (Phi) is 8.25. The number of thioether (sulfide) groups is 1. The van der Waals surface area contributed by atoms with Crippen molar-refractivity contribution < 1.29 is 27.5 Å². The van der Waals surface area contributed by atoms with Gasteiger partial charge in [0.25, 0.3) is 0 Å². The standard InChI is InChI=1S/C31H28F3N7O3S/c1-18-14-24-16-45-30(41(24)27-15-22(35-3)8-13-26(18)27)37-29(42)39-44-19(2)20-4-6-21(7-5-20)28-36-17-40(38-28)23-9-11-25(12-10-23)43-31(32,33)34/h4-15,17-19,35H,16H2,1-3H3,(H,39,42). The minimum Gasteiger partial charge on any atom is -0.406 e. The number of nitrogens with one attached hydrogen (secondary N) is 2. The fraction of sp³-hybridized carbons (Fsp3) is 0.226. The number of ether oxygens (including phenoxy) is 1. The Morgan fingerprint density at radius 2 is 1.87 bits per heavy atom. The number of carbonyl (C=O) groups is 1. The van der Waals surface area contributed by atoms with Crippen molar-refractivity contribution in [3.8, 4) is 22.8 Å². The number of hydroxylamine groups is 1. The maximum Gasteiger partial charge on any atom is 0.573 e. The monoisotopic (exact) mass is 635 g/mol. The summed E-state index contributed by atoms with van der Waals surface area (Å²) in [7, 11) is 1.87. The van der Waals surface area contributed by atoms with E-state index in [1.807, 2.05) is 42.3 Å². The molecule has 45 heavy (non-hydrogen) atoms. The molecule has 0 spiro atoms. The summed E-state index contributed by atoms with van der Waals surface area (Å²) in [5.41, 5.74) is 8.72. The summed E-state index contributed by atoms with van der Waals surface area (Å²) in [6.45, 7) is 3.96. The third-order valence-corrected chi connectivity index (χ3v) is 8.28. The molecule has 0 radical (unpaired) electrons. The first kappa shape index (κ1) is 30.2. The number of carbonyl (C=O) groups excluding carboxylic acids is 1. The zero-order valence-electron chi connectivity index (χ0n) is 24.4. The molecule has 2 aliphatic rings. The molecule has 6 rings (SSSR count). The van der Waals surface area contributed by atoms with Crippen molar-refractivity contribution in [1.82, 2.24) is 20.2 Å². The van der Waals surface area contributed by atoms with E-state index in [4.69, 9.17) is 4.84 Å².